The van der Waals surface area contributed by atoms with Crippen molar-refractivity contribution in [3.05, 3.63) is 29.3 Å². The number of hydrogen-bond donors (Lipinski definition) is 1. The number of fused-ring (bicyclic) bond motifs is 1. The van der Waals surface area contributed by atoms with Gasteiger partial charge in [-0.3, -0.25) is 4.90 Å². The van der Waals surface area contributed by atoms with Crippen LogP contribution >= 0.6 is 0 Å². The van der Waals surface area contributed by atoms with Crippen LogP contribution in [0.5, 0.6) is 5.75 Å². The van der Waals surface area contributed by atoms with Gasteiger partial charge in [0.15, 0.2) is 0 Å². The van der Waals surface area contributed by atoms with Gasteiger partial charge in [0.2, 0.25) is 0 Å². The van der Waals surface area contributed by atoms with Gasteiger partial charge in [0.1, 0.15) is 5.75 Å². The number of aliphatic hydroxyl groups is 1. The number of hydrogen-bond acceptors (Lipinski definition) is 3. The normalized spacial score (nSPS) is 29.4. The van der Waals surface area contributed by atoms with Crippen LogP contribution in [0.25, 0.3) is 0 Å². The minimum atomic E-state index is -0.368. The lowest BCUT2D eigenvalue weighted by Gasteiger charge is -2.41. The van der Waals surface area contributed by atoms with Crippen molar-refractivity contribution in [3.8, 4) is 5.75 Å². The van der Waals surface area contributed by atoms with Crippen LogP contribution in [0.4, 0.5) is 0 Å². The zero-order valence-electron chi connectivity index (χ0n) is 13.2. The molecule has 3 nitrogen and oxygen atoms in total. The number of piperidine rings is 1. The summed E-state index contributed by atoms with van der Waals surface area (Å²) in [5, 5.41) is 10.8. The molecule has 1 aliphatic carbocycles. The Morgan fingerprint density at radius 2 is 2.19 bits per heavy atom. The molecule has 0 amide bonds. The topological polar surface area (TPSA) is 32.7 Å². The fourth-order valence-electron chi connectivity index (χ4n) is 4.11. The van der Waals surface area contributed by atoms with Crippen LogP contribution in [0.2, 0.25) is 0 Å². The van der Waals surface area contributed by atoms with Crippen LogP contribution in [0, 0.1) is 0 Å². The maximum atomic E-state index is 10.8. The van der Waals surface area contributed by atoms with Gasteiger partial charge < -0.3 is 9.84 Å². The van der Waals surface area contributed by atoms with Crippen molar-refractivity contribution >= 4 is 0 Å². The molecule has 1 saturated heterocycles. The molecule has 3 unspecified atom stereocenters. The highest BCUT2D eigenvalue weighted by molar-refractivity contribution is 5.42. The molecule has 1 aliphatic heterocycles. The number of methoxy groups -OCH3 is 1. The minimum Gasteiger partial charge on any atom is -0.497 e. The lowest BCUT2D eigenvalue weighted by molar-refractivity contribution is 0.0136. The summed E-state index contributed by atoms with van der Waals surface area (Å²) in [5.74, 6) is 0.845. The molecule has 1 N–H and O–H groups in total. The highest BCUT2D eigenvalue weighted by Gasteiger charge is 2.38. The van der Waals surface area contributed by atoms with Crippen LogP contribution in [0.3, 0.4) is 0 Å². The predicted octanol–water partition coefficient (Wildman–Crippen LogP) is 3.31. The second-order valence-electron chi connectivity index (χ2n) is 6.46. The number of nitrogens with zero attached hydrogens (tertiary/aromatic N) is 1. The van der Waals surface area contributed by atoms with E-state index in [4.69, 9.17) is 4.74 Å². The molecule has 3 rings (SSSR count). The lowest BCUT2D eigenvalue weighted by atomic mass is 9.95. The van der Waals surface area contributed by atoms with Gasteiger partial charge >= 0.3 is 0 Å². The molecule has 1 heterocycles. The van der Waals surface area contributed by atoms with E-state index in [1.54, 1.807) is 7.11 Å². The summed E-state index contributed by atoms with van der Waals surface area (Å²) in [6.45, 7) is 3.40. The summed E-state index contributed by atoms with van der Waals surface area (Å²) < 4.78 is 5.30. The first-order valence-corrected chi connectivity index (χ1v) is 8.35. The van der Waals surface area contributed by atoms with Gasteiger partial charge in [0.05, 0.1) is 13.2 Å². The van der Waals surface area contributed by atoms with Gasteiger partial charge in [-0.1, -0.05) is 25.8 Å². The van der Waals surface area contributed by atoms with Crippen LogP contribution in [0.1, 0.15) is 56.3 Å². The third-order valence-electron chi connectivity index (χ3n) is 5.19. The van der Waals surface area contributed by atoms with Gasteiger partial charge in [-0.25, -0.2) is 0 Å². The van der Waals surface area contributed by atoms with Crippen molar-refractivity contribution in [1.82, 2.24) is 4.90 Å². The Morgan fingerprint density at radius 1 is 1.33 bits per heavy atom. The van der Waals surface area contributed by atoms with Gasteiger partial charge in [-0.2, -0.15) is 0 Å². The maximum absolute atomic E-state index is 10.8. The summed E-state index contributed by atoms with van der Waals surface area (Å²) in [6.07, 6.45) is 6.98. The average Bonchev–Trinajstić information content (AvgIpc) is 2.85. The fourth-order valence-corrected chi connectivity index (χ4v) is 4.11. The van der Waals surface area contributed by atoms with E-state index in [0.717, 1.165) is 24.3 Å². The van der Waals surface area contributed by atoms with E-state index in [9.17, 15) is 5.11 Å². The molecule has 1 aromatic carbocycles. The molecule has 3 heteroatoms. The molecule has 1 aromatic rings. The number of benzene rings is 1. The van der Waals surface area contributed by atoms with E-state index in [2.05, 4.69) is 17.9 Å². The molecule has 0 aromatic heterocycles. The quantitative estimate of drug-likeness (QED) is 0.923. The first-order chi connectivity index (χ1) is 10.2. The number of ether oxygens (including phenoxy) is 1. The number of aliphatic hydroxyl groups excluding tert-OH is 1. The van der Waals surface area contributed by atoms with E-state index >= 15 is 0 Å². The molecule has 0 spiro atoms. The highest BCUT2D eigenvalue weighted by atomic mass is 16.5. The standard InChI is InChI=1S/C18H27NO2/c1-3-6-14-7-4-5-10-19(14)17-11-13-8-9-15(21-2)12-16(13)18(17)20/h8-9,12,14,17-18,20H,3-7,10-11H2,1-2H3. The molecule has 2 aliphatic rings. The SMILES string of the molecule is CCCC1CCCCN1C1Cc2ccc(OC)cc2C1O. The molecule has 21 heavy (non-hydrogen) atoms. The fraction of sp³-hybridized carbons (Fsp3) is 0.667. The predicted molar refractivity (Wildman–Crippen MR) is 84.7 cm³/mol. The summed E-state index contributed by atoms with van der Waals surface area (Å²) >= 11 is 0. The van der Waals surface area contributed by atoms with Gasteiger partial charge in [0, 0.05) is 12.1 Å². The molecule has 116 valence electrons. The van der Waals surface area contributed by atoms with Gasteiger partial charge in [-0.15, -0.1) is 0 Å². The smallest absolute Gasteiger partial charge is 0.119 e. The van der Waals surface area contributed by atoms with E-state index < -0.39 is 0 Å². The number of rotatable bonds is 4. The lowest BCUT2D eigenvalue weighted by Crippen LogP contribution is -2.48. The zero-order chi connectivity index (χ0) is 14.8. The van der Waals surface area contributed by atoms with Crippen molar-refractivity contribution in [2.45, 2.75) is 63.6 Å². The average molecular weight is 289 g/mol. The van der Waals surface area contributed by atoms with Gasteiger partial charge in [-0.05, 0) is 55.5 Å². The molecule has 3 atom stereocenters. The number of likely N-dealkylation sites (tertiary alicyclic amines) is 1. The van der Waals surface area contributed by atoms with Crippen LogP contribution in [-0.2, 0) is 6.42 Å². The van der Waals surface area contributed by atoms with Crippen LogP contribution < -0.4 is 4.74 Å². The molecular formula is C18H27NO2. The van der Waals surface area contributed by atoms with E-state index in [0.29, 0.717) is 6.04 Å². The van der Waals surface area contributed by atoms with Crippen molar-refractivity contribution in [2.75, 3.05) is 13.7 Å². The molecule has 1 fully saturated rings. The Kier molecular flexibility index (Phi) is 4.51. The Balaban J connectivity index is 1.81. The molecular weight excluding hydrogens is 262 g/mol. The largest absolute Gasteiger partial charge is 0.497 e. The van der Waals surface area contributed by atoms with Crippen molar-refractivity contribution in [2.24, 2.45) is 0 Å². The zero-order valence-corrected chi connectivity index (χ0v) is 13.2. The Hall–Kier alpha value is -1.06. The van der Waals surface area contributed by atoms with Gasteiger partial charge in [0.25, 0.3) is 0 Å². The minimum absolute atomic E-state index is 0.254. The van der Waals surface area contributed by atoms with Crippen molar-refractivity contribution in [3.63, 3.8) is 0 Å². The van der Waals surface area contributed by atoms with Crippen molar-refractivity contribution in [1.29, 1.82) is 0 Å². The molecule has 0 bridgehead atoms. The van der Waals surface area contributed by atoms with E-state index in [-0.39, 0.29) is 12.1 Å². The summed E-state index contributed by atoms with van der Waals surface area (Å²) in [6, 6.07) is 7.05. The molecule has 0 saturated carbocycles. The Morgan fingerprint density at radius 3 is 2.95 bits per heavy atom. The van der Waals surface area contributed by atoms with E-state index in [1.807, 2.05) is 12.1 Å². The summed E-state index contributed by atoms with van der Waals surface area (Å²) in [5.41, 5.74) is 2.36. The third kappa shape index (κ3) is 2.82. The Labute approximate surface area is 127 Å². The second kappa shape index (κ2) is 6.37. The third-order valence-corrected chi connectivity index (χ3v) is 5.19. The first-order valence-electron chi connectivity index (χ1n) is 8.35. The van der Waals surface area contributed by atoms with E-state index in [1.165, 1.54) is 37.7 Å². The first kappa shape index (κ1) is 14.9. The highest BCUT2D eigenvalue weighted by Crippen LogP contribution is 2.39. The second-order valence-corrected chi connectivity index (χ2v) is 6.46. The van der Waals surface area contributed by atoms with Crippen LogP contribution in [-0.4, -0.2) is 35.7 Å². The summed E-state index contributed by atoms with van der Waals surface area (Å²) in [7, 11) is 1.68. The molecule has 0 radical (unpaired) electrons. The monoisotopic (exact) mass is 289 g/mol. The summed E-state index contributed by atoms with van der Waals surface area (Å²) in [4.78, 5) is 2.59. The maximum Gasteiger partial charge on any atom is 0.119 e. The Bertz CT molecular complexity index is 486. The van der Waals surface area contributed by atoms with Crippen molar-refractivity contribution < 1.29 is 9.84 Å². The van der Waals surface area contributed by atoms with Crippen LogP contribution in [0.15, 0.2) is 18.2 Å².